The van der Waals surface area contributed by atoms with E-state index in [1.54, 1.807) is 11.0 Å². The van der Waals surface area contributed by atoms with Crippen LogP contribution in [0, 0.1) is 6.92 Å². The zero-order chi connectivity index (χ0) is 18.7. The molecule has 0 aliphatic carbocycles. The zero-order valence-corrected chi connectivity index (χ0v) is 17.4. The maximum Gasteiger partial charge on any atom is 0.252 e. The number of aryl methyl sites for hydroxylation is 1. The molecule has 0 bridgehead atoms. The van der Waals surface area contributed by atoms with Gasteiger partial charge in [0.05, 0.1) is 10.1 Å². The topological polar surface area (TPSA) is 57.7 Å². The van der Waals surface area contributed by atoms with Crippen LogP contribution in [0.4, 0.5) is 0 Å². The third-order valence-electron chi connectivity index (χ3n) is 4.18. The first kappa shape index (κ1) is 19.7. The highest BCUT2D eigenvalue weighted by Crippen LogP contribution is 2.29. The van der Waals surface area contributed by atoms with Gasteiger partial charge in [0, 0.05) is 31.1 Å². The molecule has 0 N–H and O–H groups in total. The summed E-state index contributed by atoms with van der Waals surface area (Å²) in [4.78, 5) is 15.3. The lowest BCUT2D eigenvalue weighted by molar-refractivity contribution is -0.129. The highest BCUT2D eigenvalue weighted by Gasteiger charge is 2.31. The van der Waals surface area contributed by atoms with Crippen LogP contribution in [0.3, 0.4) is 0 Å². The van der Waals surface area contributed by atoms with Gasteiger partial charge in [-0.05, 0) is 30.7 Å². The summed E-state index contributed by atoms with van der Waals surface area (Å²) in [7, 11) is -3.53. The lowest BCUT2D eigenvalue weighted by Crippen LogP contribution is -2.50. The minimum atomic E-state index is -3.53. The Labute approximate surface area is 167 Å². The monoisotopic (exact) mass is 430 g/mol. The third-order valence-corrected chi connectivity index (χ3v) is 8.94. The quantitative estimate of drug-likeness (QED) is 0.682. The lowest BCUT2D eigenvalue weighted by atomic mass is 10.2. The number of sulfonamides is 1. The van der Waals surface area contributed by atoms with E-state index in [1.807, 2.05) is 31.2 Å². The Kier molecular flexibility index (Phi) is 6.29. The zero-order valence-electron chi connectivity index (χ0n) is 14.2. The van der Waals surface area contributed by atoms with Gasteiger partial charge in [-0.15, -0.1) is 23.1 Å². The largest absolute Gasteiger partial charge is 0.339 e. The Morgan fingerprint density at radius 3 is 2.46 bits per heavy atom. The number of nitrogens with zero attached hydrogens (tertiary/aromatic N) is 2. The van der Waals surface area contributed by atoms with Crippen LogP contribution in [0.2, 0.25) is 4.34 Å². The molecule has 1 aliphatic heterocycles. The molecule has 5 nitrogen and oxygen atoms in total. The smallest absolute Gasteiger partial charge is 0.252 e. The first-order valence-corrected chi connectivity index (χ1v) is 11.7. The van der Waals surface area contributed by atoms with Crippen LogP contribution < -0.4 is 0 Å². The molecule has 0 radical (unpaired) electrons. The molecular formula is C17H19ClN2O3S3. The van der Waals surface area contributed by atoms with Gasteiger partial charge in [0.25, 0.3) is 10.0 Å². The Balaban J connectivity index is 1.55. The molecule has 2 heterocycles. The molecule has 1 fully saturated rings. The number of amides is 1. The van der Waals surface area contributed by atoms with E-state index in [0.717, 1.165) is 21.8 Å². The molecule has 0 saturated carbocycles. The number of carbonyl (C=O) groups is 1. The van der Waals surface area contributed by atoms with Crippen molar-refractivity contribution in [1.82, 2.24) is 9.21 Å². The van der Waals surface area contributed by atoms with Gasteiger partial charge in [0.1, 0.15) is 4.21 Å². The second-order valence-electron chi connectivity index (χ2n) is 5.90. The summed E-state index contributed by atoms with van der Waals surface area (Å²) >= 11 is 8.42. The van der Waals surface area contributed by atoms with Crippen molar-refractivity contribution in [3.63, 3.8) is 0 Å². The maximum absolute atomic E-state index is 12.6. The Bertz CT molecular complexity index is 890. The molecule has 26 heavy (non-hydrogen) atoms. The maximum atomic E-state index is 12.6. The number of halogens is 1. The van der Waals surface area contributed by atoms with Gasteiger partial charge in [-0.2, -0.15) is 4.31 Å². The highest BCUT2D eigenvalue weighted by atomic mass is 35.5. The van der Waals surface area contributed by atoms with Crippen LogP contribution in [0.15, 0.2) is 45.5 Å². The molecule has 1 saturated heterocycles. The van der Waals surface area contributed by atoms with Crippen molar-refractivity contribution < 1.29 is 13.2 Å². The van der Waals surface area contributed by atoms with Crippen LogP contribution in [-0.4, -0.2) is 55.5 Å². The first-order valence-electron chi connectivity index (χ1n) is 8.09. The summed E-state index contributed by atoms with van der Waals surface area (Å²) in [5.74, 6) is 0.396. The number of carbonyl (C=O) groups excluding carboxylic acids is 1. The van der Waals surface area contributed by atoms with Crippen LogP contribution >= 0.6 is 34.7 Å². The van der Waals surface area contributed by atoms with E-state index in [9.17, 15) is 13.2 Å². The summed E-state index contributed by atoms with van der Waals surface area (Å²) in [6.07, 6.45) is 0. The SMILES string of the molecule is Cc1ccccc1SCC(=O)N1CCN(S(=O)(=O)c2ccc(Cl)s2)CC1. The summed E-state index contributed by atoms with van der Waals surface area (Å²) in [5, 5.41) is 0. The molecule has 2 aromatic rings. The second-order valence-corrected chi connectivity index (χ2v) is 10.8. The number of hydrogen-bond acceptors (Lipinski definition) is 5. The van der Waals surface area contributed by atoms with Crippen molar-refractivity contribution in [3.8, 4) is 0 Å². The van der Waals surface area contributed by atoms with E-state index in [2.05, 4.69) is 0 Å². The summed E-state index contributed by atoms with van der Waals surface area (Å²) < 4.78 is 27.3. The average molecular weight is 431 g/mol. The van der Waals surface area contributed by atoms with E-state index < -0.39 is 10.0 Å². The van der Waals surface area contributed by atoms with Crippen molar-refractivity contribution in [1.29, 1.82) is 0 Å². The molecule has 0 unspecified atom stereocenters. The fourth-order valence-corrected chi connectivity index (χ4v) is 6.68. The fraction of sp³-hybridized carbons (Fsp3) is 0.353. The molecule has 1 amide bonds. The van der Waals surface area contributed by atoms with Crippen LogP contribution in [0.1, 0.15) is 5.56 Å². The standard InChI is InChI=1S/C17H19ClN2O3S3/c1-13-4-2-3-5-14(13)24-12-16(21)19-8-10-20(11-9-19)26(22,23)17-7-6-15(18)25-17/h2-7H,8-12H2,1H3. The minimum Gasteiger partial charge on any atom is -0.339 e. The minimum absolute atomic E-state index is 0.0365. The van der Waals surface area contributed by atoms with Crippen molar-refractivity contribution in [2.24, 2.45) is 0 Å². The van der Waals surface area contributed by atoms with Gasteiger partial charge < -0.3 is 4.90 Å². The molecule has 1 aliphatic rings. The van der Waals surface area contributed by atoms with Gasteiger partial charge >= 0.3 is 0 Å². The predicted molar refractivity (Wildman–Crippen MR) is 107 cm³/mol. The van der Waals surface area contributed by atoms with Gasteiger partial charge in [0.15, 0.2) is 0 Å². The number of piperazine rings is 1. The van der Waals surface area contributed by atoms with E-state index >= 15 is 0 Å². The van der Waals surface area contributed by atoms with Gasteiger partial charge in [-0.25, -0.2) is 8.42 Å². The average Bonchev–Trinajstić information content (AvgIpc) is 3.08. The Morgan fingerprint density at radius 2 is 1.85 bits per heavy atom. The second kappa shape index (κ2) is 8.31. The van der Waals surface area contributed by atoms with Gasteiger partial charge in [-0.3, -0.25) is 4.79 Å². The molecule has 0 atom stereocenters. The van der Waals surface area contributed by atoms with Crippen molar-refractivity contribution in [3.05, 3.63) is 46.3 Å². The number of thiophene rings is 1. The number of benzene rings is 1. The number of rotatable bonds is 5. The molecule has 9 heteroatoms. The van der Waals surface area contributed by atoms with Crippen LogP contribution in [-0.2, 0) is 14.8 Å². The van der Waals surface area contributed by atoms with Gasteiger partial charge in [0.2, 0.25) is 5.91 Å². The van der Waals surface area contributed by atoms with E-state index in [-0.39, 0.29) is 10.1 Å². The summed E-state index contributed by atoms with van der Waals surface area (Å²) in [5.41, 5.74) is 1.15. The Hall–Kier alpha value is -1.06. The highest BCUT2D eigenvalue weighted by molar-refractivity contribution is 8.00. The lowest BCUT2D eigenvalue weighted by Gasteiger charge is -2.33. The van der Waals surface area contributed by atoms with Crippen molar-refractivity contribution >= 4 is 50.6 Å². The predicted octanol–water partition coefficient (Wildman–Crippen LogP) is 3.34. The van der Waals surface area contributed by atoms with E-state index in [0.29, 0.717) is 36.3 Å². The summed E-state index contributed by atoms with van der Waals surface area (Å²) in [6.45, 7) is 3.45. The van der Waals surface area contributed by atoms with Gasteiger partial charge in [-0.1, -0.05) is 29.8 Å². The first-order chi connectivity index (χ1) is 12.4. The van der Waals surface area contributed by atoms with Crippen LogP contribution in [0.5, 0.6) is 0 Å². The van der Waals surface area contributed by atoms with E-state index in [1.165, 1.54) is 22.1 Å². The van der Waals surface area contributed by atoms with E-state index in [4.69, 9.17) is 11.6 Å². The number of hydrogen-bond donors (Lipinski definition) is 0. The molecular weight excluding hydrogens is 412 g/mol. The molecule has 3 rings (SSSR count). The third kappa shape index (κ3) is 4.43. The van der Waals surface area contributed by atoms with Crippen molar-refractivity contribution in [2.45, 2.75) is 16.0 Å². The number of thioether (sulfide) groups is 1. The van der Waals surface area contributed by atoms with Crippen LogP contribution in [0.25, 0.3) is 0 Å². The molecule has 0 spiro atoms. The van der Waals surface area contributed by atoms with Crippen molar-refractivity contribution in [2.75, 3.05) is 31.9 Å². The normalized spacial score (nSPS) is 16.0. The fourth-order valence-electron chi connectivity index (χ4n) is 2.69. The molecule has 140 valence electrons. The molecule has 1 aromatic carbocycles. The Morgan fingerprint density at radius 1 is 1.15 bits per heavy atom. The summed E-state index contributed by atoms with van der Waals surface area (Å²) in [6, 6.07) is 11.1. The molecule has 1 aromatic heterocycles.